The average molecular weight is 319 g/mol. The molecule has 122 valence electrons. The van der Waals surface area contributed by atoms with Crippen molar-refractivity contribution in [3.63, 3.8) is 0 Å². The first kappa shape index (κ1) is 16.3. The van der Waals surface area contributed by atoms with Crippen LogP contribution >= 0.6 is 0 Å². The van der Waals surface area contributed by atoms with E-state index in [-0.39, 0.29) is 12.0 Å². The highest BCUT2D eigenvalue weighted by Gasteiger charge is 2.24. The van der Waals surface area contributed by atoms with Crippen molar-refractivity contribution in [2.45, 2.75) is 18.9 Å². The van der Waals surface area contributed by atoms with Gasteiger partial charge in [-0.3, -0.25) is 4.79 Å². The second kappa shape index (κ2) is 7.81. The highest BCUT2D eigenvalue weighted by Crippen LogP contribution is 2.15. The van der Waals surface area contributed by atoms with Crippen LogP contribution in [0.1, 0.15) is 27.9 Å². The van der Waals surface area contributed by atoms with Crippen LogP contribution in [0.5, 0.6) is 0 Å². The van der Waals surface area contributed by atoms with Crippen molar-refractivity contribution in [1.29, 1.82) is 0 Å². The standard InChI is InChI=1S/C21H21NO2/c1-2-17-9-6-10-19(15-17)21(23)22-13-14-24-20(16-22)12-11-18-7-4-3-5-8-18/h1,3-10,15,20H,11-14,16H2/t20-/m0/s1. The molecule has 24 heavy (non-hydrogen) atoms. The third-order valence-corrected chi connectivity index (χ3v) is 4.30. The Morgan fingerprint density at radius 3 is 2.83 bits per heavy atom. The summed E-state index contributed by atoms with van der Waals surface area (Å²) in [4.78, 5) is 14.6. The van der Waals surface area contributed by atoms with Crippen molar-refractivity contribution in [1.82, 2.24) is 4.90 Å². The van der Waals surface area contributed by atoms with E-state index in [9.17, 15) is 4.79 Å². The number of amides is 1. The lowest BCUT2D eigenvalue weighted by Gasteiger charge is -2.33. The first-order chi connectivity index (χ1) is 11.8. The van der Waals surface area contributed by atoms with Crippen LogP contribution < -0.4 is 0 Å². The fraction of sp³-hybridized carbons (Fsp3) is 0.286. The number of aryl methyl sites for hydroxylation is 1. The topological polar surface area (TPSA) is 29.5 Å². The molecule has 0 unspecified atom stereocenters. The summed E-state index contributed by atoms with van der Waals surface area (Å²) in [5.41, 5.74) is 2.68. The molecule has 1 atom stereocenters. The minimum atomic E-state index is 0.0279. The molecule has 3 rings (SSSR count). The molecule has 0 aromatic heterocycles. The average Bonchev–Trinajstić information content (AvgIpc) is 2.67. The molecule has 1 aliphatic heterocycles. The zero-order valence-electron chi connectivity index (χ0n) is 13.7. The van der Waals surface area contributed by atoms with E-state index in [0.717, 1.165) is 18.4 Å². The number of rotatable bonds is 4. The molecule has 3 heteroatoms. The maximum absolute atomic E-state index is 12.7. The molecule has 0 aliphatic carbocycles. The summed E-state index contributed by atoms with van der Waals surface area (Å²) in [7, 11) is 0. The maximum Gasteiger partial charge on any atom is 0.254 e. The van der Waals surface area contributed by atoms with Gasteiger partial charge in [-0.15, -0.1) is 6.42 Å². The van der Waals surface area contributed by atoms with Gasteiger partial charge in [-0.1, -0.05) is 42.3 Å². The molecular weight excluding hydrogens is 298 g/mol. The number of hydrogen-bond donors (Lipinski definition) is 0. The molecule has 2 aromatic carbocycles. The van der Waals surface area contributed by atoms with Crippen LogP contribution in [-0.4, -0.2) is 36.6 Å². The van der Waals surface area contributed by atoms with Gasteiger partial charge in [0.25, 0.3) is 5.91 Å². The summed E-state index contributed by atoms with van der Waals surface area (Å²) in [6.45, 7) is 1.84. The second-order valence-electron chi connectivity index (χ2n) is 5.99. The molecular formula is C21H21NO2. The van der Waals surface area contributed by atoms with Gasteiger partial charge < -0.3 is 9.64 Å². The summed E-state index contributed by atoms with van der Waals surface area (Å²) < 4.78 is 5.83. The number of terminal acetylenes is 1. The number of morpholine rings is 1. The third kappa shape index (κ3) is 4.04. The Hall–Kier alpha value is -2.57. The lowest BCUT2D eigenvalue weighted by molar-refractivity contribution is -0.0246. The van der Waals surface area contributed by atoms with Gasteiger partial charge in [0, 0.05) is 24.2 Å². The molecule has 1 aliphatic rings. The van der Waals surface area contributed by atoms with Gasteiger partial charge in [0.05, 0.1) is 12.7 Å². The van der Waals surface area contributed by atoms with Crippen molar-refractivity contribution in [3.05, 3.63) is 71.3 Å². The van der Waals surface area contributed by atoms with Crippen molar-refractivity contribution in [3.8, 4) is 12.3 Å². The minimum Gasteiger partial charge on any atom is -0.375 e. The fourth-order valence-corrected chi connectivity index (χ4v) is 2.98. The van der Waals surface area contributed by atoms with Crippen LogP contribution in [0.4, 0.5) is 0 Å². The van der Waals surface area contributed by atoms with Gasteiger partial charge in [0.15, 0.2) is 0 Å². The Balaban J connectivity index is 1.60. The largest absolute Gasteiger partial charge is 0.375 e. The van der Waals surface area contributed by atoms with E-state index >= 15 is 0 Å². The summed E-state index contributed by atoms with van der Waals surface area (Å²) in [5, 5.41) is 0. The molecule has 0 spiro atoms. The molecule has 1 saturated heterocycles. The van der Waals surface area contributed by atoms with E-state index in [1.165, 1.54) is 5.56 Å². The highest BCUT2D eigenvalue weighted by atomic mass is 16.5. The monoisotopic (exact) mass is 319 g/mol. The first-order valence-corrected chi connectivity index (χ1v) is 8.28. The molecule has 2 aromatic rings. The van der Waals surface area contributed by atoms with E-state index in [2.05, 4.69) is 18.1 Å². The quantitative estimate of drug-likeness (QED) is 0.810. The highest BCUT2D eigenvalue weighted by molar-refractivity contribution is 5.94. The summed E-state index contributed by atoms with van der Waals surface area (Å²) in [6.07, 6.45) is 7.37. The zero-order chi connectivity index (χ0) is 16.8. The van der Waals surface area contributed by atoms with Crippen molar-refractivity contribution in [2.75, 3.05) is 19.7 Å². The molecule has 1 amide bonds. The lowest BCUT2D eigenvalue weighted by Crippen LogP contribution is -2.45. The maximum atomic E-state index is 12.7. The van der Waals surface area contributed by atoms with Crippen molar-refractivity contribution < 1.29 is 9.53 Å². The van der Waals surface area contributed by atoms with E-state index in [0.29, 0.717) is 25.3 Å². The first-order valence-electron chi connectivity index (χ1n) is 8.28. The Kier molecular flexibility index (Phi) is 5.30. The van der Waals surface area contributed by atoms with Crippen LogP contribution in [0.3, 0.4) is 0 Å². The zero-order valence-corrected chi connectivity index (χ0v) is 13.7. The predicted molar refractivity (Wildman–Crippen MR) is 94.8 cm³/mol. The Morgan fingerprint density at radius 1 is 1.21 bits per heavy atom. The number of ether oxygens (including phenoxy) is 1. The van der Waals surface area contributed by atoms with Gasteiger partial charge >= 0.3 is 0 Å². The van der Waals surface area contributed by atoms with Crippen LogP contribution in [0.25, 0.3) is 0 Å². The summed E-state index contributed by atoms with van der Waals surface area (Å²) in [6, 6.07) is 17.6. The van der Waals surface area contributed by atoms with Gasteiger partial charge in [0.2, 0.25) is 0 Å². The minimum absolute atomic E-state index is 0.0279. The van der Waals surface area contributed by atoms with Crippen LogP contribution in [-0.2, 0) is 11.2 Å². The lowest BCUT2D eigenvalue weighted by atomic mass is 10.0. The summed E-state index contributed by atoms with van der Waals surface area (Å²) >= 11 is 0. The molecule has 0 saturated carbocycles. The molecule has 0 bridgehead atoms. The Bertz CT molecular complexity index is 733. The molecule has 3 nitrogen and oxygen atoms in total. The number of carbonyl (C=O) groups excluding carboxylic acids is 1. The van der Waals surface area contributed by atoms with Crippen LogP contribution in [0, 0.1) is 12.3 Å². The third-order valence-electron chi connectivity index (χ3n) is 4.30. The number of carbonyl (C=O) groups is 1. The predicted octanol–water partition coefficient (Wildman–Crippen LogP) is 3.14. The van der Waals surface area contributed by atoms with Crippen molar-refractivity contribution >= 4 is 5.91 Å². The molecule has 1 fully saturated rings. The van der Waals surface area contributed by atoms with Gasteiger partial charge in [0.1, 0.15) is 0 Å². The van der Waals surface area contributed by atoms with Crippen molar-refractivity contribution in [2.24, 2.45) is 0 Å². The van der Waals surface area contributed by atoms with E-state index in [1.807, 2.05) is 41.3 Å². The van der Waals surface area contributed by atoms with E-state index < -0.39 is 0 Å². The van der Waals surface area contributed by atoms with Crippen LogP contribution in [0.15, 0.2) is 54.6 Å². The fourth-order valence-electron chi connectivity index (χ4n) is 2.98. The van der Waals surface area contributed by atoms with Gasteiger partial charge in [-0.2, -0.15) is 0 Å². The second-order valence-corrected chi connectivity index (χ2v) is 5.99. The van der Waals surface area contributed by atoms with Gasteiger partial charge in [-0.25, -0.2) is 0 Å². The molecule has 0 N–H and O–H groups in total. The van der Waals surface area contributed by atoms with Crippen LogP contribution in [0.2, 0.25) is 0 Å². The van der Waals surface area contributed by atoms with E-state index in [4.69, 9.17) is 11.2 Å². The van der Waals surface area contributed by atoms with E-state index in [1.54, 1.807) is 6.07 Å². The Morgan fingerprint density at radius 2 is 2.04 bits per heavy atom. The normalized spacial score (nSPS) is 17.3. The SMILES string of the molecule is C#Cc1cccc(C(=O)N2CCO[C@@H](CCc3ccccc3)C2)c1. The number of nitrogens with zero attached hydrogens (tertiary/aromatic N) is 1. The van der Waals surface area contributed by atoms with Gasteiger partial charge in [-0.05, 0) is 36.6 Å². The molecule has 0 radical (unpaired) electrons. The number of hydrogen-bond acceptors (Lipinski definition) is 2. The Labute approximate surface area is 143 Å². The smallest absolute Gasteiger partial charge is 0.254 e. The molecule has 1 heterocycles. The number of benzene rings is 2. The summed E-state index contributed by atoms with van der Waals surface area (Å²) in [5.74, 6) is 2.60.